The number of carboxylic acid groups (broad SMARTS) is 1. The second-order valence-electron chi connectivity index (χ2n) is 5.31. The quantitative estimate of drug-likeness (QED) is 0.683. The Morgan fingerprint density at radius 2 is 2.04 bits per heavy atom. The fourth-order valence-electron chi connectivity index (χ4n) is 2.25. The van der Waals surface area contributed by atoms with E-state index in [2.05, 4.69) is 10.5 Å². The van der Waals surface area contributed by atoms with Crippen LogP contribution in [0.1, 0.15) is 29.0 Å². The van der Waals surface area contributed by atoms with E-state index in [4.69, 9.17) is 21.9 Å². The molecule has 1 unspecified atom stereocenters. The van der Waals surface area contributed by atoms with Gasteiger partial charge in [0.1, 0.15) is 23.1 Å². The van der Waals surface area contributed by atoms with Crippen molar-refractivity contribution in [1.29, 1.82) is 0 Å². The van der Waals surface area contributed by atoms with Crippen LogP contribution in [0.3, 0.4) is 0 Å². The zero-order valence-electron chi connectivity index (χ0n) is 13.3. The molecule has 2 amide bonds. The number of primary amides is 1. The summed E-state index contributed by atoms with van der Waals surface area (Å²) < 4.78 is 5.08. The number of hydrogen-bond donors (Lipinski definition) is 3. The van der Waals surface area contributed by atoms with Crippen LogP contribution in [0.25, 0.3) is 11.3 Å². The molecule has 8 nitrogen and oxygen atoms in total. The molecule has 0 aliphatic heterocycles. The summed E-state index contributed by atoms with van der Waals surface area (Å²) in [6.45, 7) is 1.53. The molecule has 0 aliphatic carbocycles. The molecule has 2 rings (SSSR count). The van der Waals surface area contributed by atoms with Gasteiger partial charge in [-0.15, -0.1) is 0 Å². The minimum absolute atomic E-state index is 0.0819. The van der Waals surface area contributed by atoms with Crippen LogP contribution in [-0.2, 0) is 9.59 Å². The van der Waals surface area contributed by atoms with E-state index < -0.39 is 23.8 Å². The summed E-state index contributed by atoms with van der Waals surface area (Å²) in [5.41, 5.74) is 5.79. The number of halogens is 1. The largest absolute Gasteiger partial charge is 0.480 e. The van der Waals surface area contributed by atoms with Crippen LogP contribution in [-0.4, -0.2) is 34.1 Å². The van der Waals surface area contributed by atoms with Gasteiger partial charge >= 0.3 is 5.97 Å². The zero-order valence-corrected chi connectivity index (χ0v) is 14.0. The zero-order chi connectivity index (χ0) is 18.6. The first-order chi connectivity index (χ1) is 11.8. The number of carboxylic acids is 1. The van der Waals surface area contributed by atoms with Gasteiger partial charge in [0.15, 0.2) is 0 Å². The third-order valence-electron chi connectivity index (χ3n) is 3.50. The second-order valence-corrected chi connectivity index (χ2v) is 5.72. The van der Waals surface area contributed by atoms with Gasteiger partial charge in [0.2, 0.25) is 5.91 Å². The third-order valence-corrected chi connectivity index (χ3v) is 3.83. The standard InChI is InChI=1S/C16H16ClN3O5/c1-8-13(14(20-25-8)9-4-2-3-5-10(9)17)15(22)19-11(16(23)24)6-7-12(18)21/h2-5,11H,6-7H2,1H3,(H2,18,21)(H,19,22)(H,23,24). The van der Waals surface area contributed by atoms with E-state index in [-0.39, 0.29) is 29.9 Å². The molecule has 0 bridgehead atoms. The lowest BCUT2D eigenvalue weighted by Crippen LogP contribution is -2.41. The van der Waals surface area contributed by atoms with Crippen molar-refractivity contribution in [2.45, 2.75) is 25.8 Å². The molecule has 0 aliphatic rings. The lowest BCUT2D eigenvalue weighted by atomic mass is 10.0. The van der Waals surface area contributed by atoms with Gasteiger partial charge in [-0.3, -0.25) is 9.59 Å². The highest BCUT2D eigenvalue weighted by Crippen LogP contribution is 2.31. The van der Waals surface area contributed by atoms with Gasteiger partial charge in [-0.2, -0.15) is 0 Å². The predicted molar refractivity (Wildman–Crippen MR) is 89.0 cm³/mol. The molecule has 0 spiro atoms. The van der Waals surface area contributed by atoms with Crippen molar-refractivity contribution in [3.63, 3.8) is 0 Å². The van der Waals surface area contributed by atoms with Crippen LogP contribution in [0.4, 0.5) is 0 Å². The molecule has 1 heterocycles. The minimum atomic E-state index is -1.27. The Hall–Kier alpha value is -2.87. The topological polar surface area (TPSA) is 136 Å². The molecule has 2 aromatic rings. The number of carbonyl (C=O) groups excluding carboxylic acids is 2. The van der Waals surface area contributed by atoms with E-state index in [1.54, 1.807) is 24.3 Å². The monoisotopic (exact) mass is 365 g/mol. The highest BCUT2D eigenvalue weighted by atomic mass is 35.5. The number of hydrogen-bond acceptors (Lipinski definition) is 5. The van der Waals surface area contributed by atoms with Crippen molar-refractivity contribution >= 4 is 29.4 Å². The number of nitrogens with one attached hydrogen (secondary N) is 1. The Kier molecular flexibility index (Phi) is 5.76. The first-order valence-electron chi connectivity index (χ1n) is 7.34. The molecule has 25 heavy (non-hydrogen) atoms. The molecule has 132 valence electrons. The first kappa shape index (κ1) is 18.5. The van der Waals surface area contributed by atoms with Crippen molar-refractivity contribution in [2.75, 3.05) is 0 Å². The van der Waals surface area contributed by atoms with E-state index in [0.717, 1.165) is 0 Å². The van der Waals surface area contributed by atoms with E-state index >= 15 is 0 Å². The molecule has 0 radical (unpaired) electrons. The number of nitrogens with two attached hydrogens (primary N) is 1. The van der Waals surface area contributed by atoms with Gasteiger partial charge < -0.3 is 20.7 Å². The summed E-state index contributed by atoms with van der Waals surface area (Å²) in [7, 11) is 0. The SMILES string of the molecule is Cc1onc(-c2ccccc2Cl)c1C(=O)NC(CCC(N)=O)C(=O)O. The predicted octanol–water partition coefficient (Wildman–Crippen LogP) is 1.75. The van der Waals surface area contributed by atoms with E-state index in [1.807, 2.05) is 0 Å². The lowest BCUT2D eigenvalue weighted by molar-refractivity contribution is -0.139. The van der Waals surface area contributed by atoms with E-state index in [0.29, 0.717) is 10.6 Å². The van der Waals surface area contributed by atoms with Crippen molar-refractivity contribution in [1.82, 2.24) is 10.5 Å². The number of aromatic nitrogens is 1. The highest BCUT2D eigenvalue weighted by Gasteiger charge is 2.27. The second kappa shape index (κ2) is 7.80. The number of carbonyl (C=O) groups is 3. The first-order valence-corrected chi connectivity index (χ1v) is 7.72. The van der Waals surface area contributed by atoms with Crippen LogP contribution in [0, 0.1) is 6.92 Å². The molecule has 0 fully saturated rings. The molecule has 1 aromatic carbocycles. The summed E-state index contributed by atoms with van der Waals surface area (Å²) in [6, 6.07) is 5.48. The molecular weight excluding hydrogens is 350 g/mol. The van der Waals surface area contributed by atoms with E-state index in [9.17, 15) is 19.5 Å². The Morgan fingerprint density at radius 1 is 1.36 bits per heavy atom. The van der Waals surface area contributed by atoms with Crippen molar-refractivity contribution < 1.29 is 24.0 Å². The van der Waals surface area contributed by atoms with Crippen LogP contribution < -0.4 is 11.1 Å². The normalized spacial score (nSPS) is 11.8. The van der Waals surface area contributed by atoms with Gasteiger partial charge in [0, 0.05) is 12.0 Å². The Labute approximate surface area is 147 Å². The fraction of sp³-hybridized carbons (Fsp3) is 0.250. The van der Waals surface area contributed by atoms with Gasteiger partial charge in [0.25, 0.3) is 5.91 Å². The number of amides is 2. The summed E-state index contributed by atoms with van der Waals surface area (Å²) in [5.74, 6) is -2.40. The smallest absolute Gasteiger partial charge is 0.326 e. The molecule has 1 atom stereocenters. The van der Waals surface area contributed by atoms with Gasteiger partial charge in [-0.1, -0.05) is 35.0 Å². The number of benzene rings is 1. The van der Waals surface area contributed by atoms with Gasteiger partial charge in [-0.05, 0) is 19.4 Å². The highest BCUT2D eigenvalue weighted by molar-refractivity contribution is 6.33. The van der Waals surface area contributed by atoms with Gasteiger partial charge in [-0.25, -0.2) is 4.79 Å². The molecule has 9 heteroatoms. The van der Waals surface area contributed by atoms with Crippen LogP contribution in [0.15, 0.2) is 28.8 Å². The summed E-state index contributed by atoms with van der Waals surface area (Å²) in [5, 5.41) is 15.8. The van der Waals surface area contributed by atoms with Crippen LogP contribution in [0.2, 0.25) is 5.02 Å². The maximum Gasteiger partial charge on any atom is 0.326 e. The van der Waals surface area contributed by atoms with Crippen molar-refractivity contribution in [2.24, 2.45) is 5.73 Å². The molecule has 0 saturated heterocycles. The van der Waals surface area contributed by atoms with Crippen molar-refractivity contribution in [3.05, 3.63) is 40.6 Å². The number of nitrogens with zero attached hydrogens (tertiary/aromatic N) is 1. The number of aliphatic carboxylic acids is 1. The molecule has 0 saturated carbocycles. The number of aryl methyl sites for hydroxylation is 1. The average Bonchev–Trinajstić information content (AvgIpc) is 2.92. The summed E-state index contributed by atoms with van der Waals surface area (Å²) in [6.07, 6.45) is -0.292. The fourth-order valence-corrected chi connectivity index (χ4v) is 2.48. The Morgan fingerprint density at radius 3 is 2.64 bits per heavy atom. The third kappa shape index (κ3) is 4.36. The van der Waals surface area contributed by atoms with E-state index in [1.165, 1.54) is 6.92 Å². The Bertz CT molecular complexity index is 818. The maximum atomic E-state index is 12.6. The molecule has 4 N–H and O–H groups in total. The van der Waals surface area contributed by atoms with Crippen molar-refractivity contribution in [3.8, 4) is 11.3 Å². The average molecular weight is 366 g/mol. The molecule has 1 aromatic heterocycles. The van der Waals surface area contributed by atoms with Crippen LogP contribution in [0.5, 0.6) is 0 Å². The maximum absolute atomic E-state index is 12.6. The number of rotatable bonds is 7. The Balaban J connectivity index is 2.30. The van der Waals surface area contributed by atoms with Crippen LogP contribution >= 0.6 is 11.6 Å². The minimum Gasteiger partial charge on any atom is -0.480 e. The lowest BCUT2D eigenvalue weighted by Gasteiger charge is -2.14. The summed E-state index contributed by atoms with van der Waals surface area (Å²) >= 11 is 6.13. The molecular formula is C16H16ClN3O5. The summed E-state index contributed by atoms with van der Waals surface area (Å²) in [4.78, 5) is 34.7. The van der Waals surface area contributed by atoms with Gasteiger partial charge in [0.05, 0.1) is 5.02 Å².